The number of benzene rings is 1. The Bertz CT molecular complexity index is 824. The van der Waals surface area contributed by atoms with E-state index < -0.39 is 11.6 Å². The van der Waals surface area contributed by atoms with Crippen LogP contribution in [0, 0.1) is 0 Å². The normalized spacial score (nSPS) is 11.3. The van der Waals surface area contributed by atoms with Crippen molar-refractivity contribution < 1.29 is 19.1 Å². The standard InChI is InChI=1S/C20H23N3O4/c1-20(2,3)27-19(25)13-21-16-7-5-6-14(10-16)15-11-22-17(23-12-15)8-9-18(24)26-4/h5-12,21H,13H2,1-4H3. The van der Waals surface area contributed by atoms with Gasteiger partial charge in [0.25, 0.3) is 0 Å². The number of anilines is 1. The molecule has 1 heterocycles. The highest BCUT2D eigenvalue weighted by Crippen LogP contribution is 2.21. The van der Waals surface area contributed by atoms with E-state index >= 15 is 0 Å². The first-order chi connectivity index (χ1) is 12.8. The molecule has 7 heteroatoms. The minimum atomic E-state index is -0.512. The van der Waals surface area contributed by atoms with E-state index in [4.69, 9.17) is 4.74 Å². The molecule has 0 saturated heterocycles. The molecule has 0 atom stereocenters. The highest BCUT2D eigenvalue weighted by Gasteiger charge is 2.15. The fourth-order valence-corrected chi connectivity index (χ4v) is 2.14. The van der Waals surface area contributed by atoms with Crippen molar-refractivity contribution in [1.29, 1.82) is 0 Å². The first kappa shape index (κ1) is 20.1. The number of rotatable bonds is 6. The molecule has 0 bridgehead atoms. The van der Waals surface area contributed by atoms with Gasteiger partial charge < -0.3 is 14.8 Å². The molecule has 0 aliphatic carbocycles. The molecule has 0 radical (unpaired) electrons. The Kier molecular flexibility index (Phi) is 6.65. The Balaban J connectivity index is 2.03. The van der Waals surface area contributed by atoms with Crippen LogP contribution in [0.5, 0.6) is 0 Å². The molecule has 2 aromatic rings. The van der Waals surface area contributed by atoms with Crippen molar-refractivity contribution >= 4 is 23.7 Å². The molecule has 7 nitrogen and oxygen atoms in total. The lowest BCUT2D eigenvalue weighted by Crippen LogP contribution is -2.28. The quantitative estimate of drug-likeness (QED) is 0.618. The van der Waals surface area contributed by atoms with E-state index in [0.717, 1.165) is 16.8 Å². The van der Waals surface area contributed by atoms with Crippen LogP contribution in [0.25, 0.3) is 17.2 Å². The summed E-state index contributed by atoms with van der Waals surface area (Å²) in [6.07, 6.45) is 6.07. The van der Waals surface area contributed by atoms with Crippen molar-refractivity contribution in [2.24, 2.45) is 0 Å². The van der Waals surface area contributed by atoms with Gasteiger partial charge in [-0.2, -0.15) is 0 Å². The number of hydrogen-bond acceptors (Lipinski definition) is 7. The third-order valence-corrected chi connectivity index (χ3v) is 3.29. The highest BCUT2D eigenvalue weighted by atomic mass is 16.6. The van der Waals surface area contributed by atoms with Gasteiger partial charge in [-0.05, 0) is 44.5 Å². The number of carbonyl (C=O) groups is 2. The Labute approximate surface area is 158 Å². The monoisotopic (exact) mass is 369 g/mol. The lowest BCUT2D eigenvalue weighted by molar-refractivity contribution is -0.152. The third kappa shape index (κ3) is 6.89. The number of ether oxygens (including phenoxy) is 2. The van der Waals surface area contributed by atoms with Crippen LogP contribution in [0.1, 0.15) is 26.6 Å². The smallest absolute Gasteiger partial charge is 0.330 e. The summed E-state index contributed by atoms with van der Waals surface area (Å²) in [5.74, 6) is -0.382. The van der Waals surface area contributed by atoms with E-state index in [9.17, 15) is 9.59 Å². The maximum Gasteiger partial charge on any atom is 0.330 e. The van der Waals surface area contributed by atoms with Crippen LogP contribution in [0.3, 0.4) is 0 Å². The molecule has 0 amide bonds. The van der Waals surface area contributed by atoms with Crippen LogP contribution >= 0.6 is 0 Å². The van der Waals surface area contributed by atoms with Crippen LogP contribution in [-0.4, -0.2) is 41.2 Å². The fourth-order valence-electron chi connectivity index (χ4n) is 2.14. The molecule has 2 rings (SSSR count). The minimum absolute atomic E-state index is 0.0779. The number of nitrogens with zero attached hydrogens (tertiary/aromatic N) is 2. The molecule has 0 spiro atoms. The molecule has 0 aliphatic rings. The van der Waals surface area contributed by atoms with E-state index in [2.05, 4.69) is 20.0 Å². The summed E-state index contributed by atoms with van der Waals surface area (Å²) in [5.41, 5.74) is 1.98. The van der Waals surface area contributed by atoms with Gasteiger partial charge in [0.15, 0.2) is 5.82 Å². The van der Waals surface area contributed by atoms with Crippen molar-refractivity contribution in [3.8, 4) is 11.1 Å². The molecular formula is C20H23N3O4. The summed E-state index contributed by atoms with van der Waals surface area (Å²) < 4.78 is 9.80. The minimum Gasteiger partial charge on any atom is -0.466 e. The predicted molar refractivity (Wildman–Crippen MR) is 103 cm³/mol. The zero-order valence-corrected chi connectivity index (χ0v) is 15.9. The van der Waals surface area contributed by atoms with Gasteiger partial charge in [0, 0.05) is 29.7 Å². The van der Waals surface area contributed by atoms with Crippen LogP contribution in [-0.2, 0) is 19.1 Å². The summed E-state index contributed by atoms with van der Waals surface area (Å²) in [6.45, 7) is 5.56. The molecule has 1 aromatic carbocycles. The molecule has 0 fully saturated rings. The van der Waals surface area contributed by atoms with Gasteiger partial charge in [-0.15, -0.1) is 0 Å². The summed E-state index contributed by atoms with van der Waals surface area (Å²) in [7, 11) is 1.31. The Hall–Kier alpha value is -3.22. The predicted octanol–water partition coefficient (Wildman–Crippen LogP) is 3.08. The fraction of sp³-hybridized carbons (Fsp3) is 0.300. The van der Waals surface area contributed by atoms with Crippen molar-refractivity contribution in [3.05, 3.63) is 48.6 Å². The van der Waals surface area contributed by atoms with Crippen molar-refractivity contribution in [3.63, 3.8) is 0 Å². The van der Waals surface area contributed by atoms with E-state index in [1.54, 1.807) is 12.4 Å². The largest absolute Gasteiger partial charge is 0.466 e. The number of aromatic nitrogens is 2. The maximum absolute atomic E-state index is 11.8. The Morgan fingerprint density at radius 1 is 1.15 bits per heavy atom. The topological polar surface area (TPSA) is 90.4 Å². The lowest BCUT2D eigenvalue weighted by Gasteiger charge is -2.19. The van der Waals surface area contributed by atoms with E-state index in [-0.39, 0.29) is 12.5 Å². The molecule has 0 unspecified atom stereocenters. The number of esters is 2. The molecular weight excluding hydrogens is 346 g/mol. The number of hydrogen-bond donors (Lipinski definition) is 1. The molecule has 27 heavy (non-hydrogen) atoms. The van der Waals surface area contributed by atoms with Crippen LogP contribution in [0.2, 0.25) is 0 Å². The third-order valence-electron chi connectivity index (χ3n) is 3.29. The van der Waals surface area contributed by atoms with Crippen LogP contribution < -0.4 is 5.32 Å². The molecule has 142 valence electrons. The van der Waals surface area contributed by atoms with Crippen molar-refractivity contribution in [1.82, 2.24) is 9.97 Å². The summed E-state index contributed by atoms with van der Waals surface area (Å²) in [6, 6.07) is 7.55. The van der Waals surface area contributed by atoms with Gasteiger partial charge in [-0.1, -0.05) is 12.1 Å². The number of methoxy groups -OCH3 is 1. The second-order valence-electron chi connectivity index (χ2n) is 6.71. The molecule has 0 aliphatic heterocycles. The summed E-state index contributed by atoms with van der Waals surface area (Å²) >= 11 is 0. The van der Waals surface area contributed by atoms with Gasteiger partial charge in [-0.3, -0.25) is 4.79 Å². The molecule has 1 aromatic heterocycles. The summed E-state index contributed by atoms with van der Waals surface area (Å²) in [4.78, 5) is 31.3. The zero-order chi connectivity index (χ0) is 19.9. The number of carbonyl (C=O) groups excluding carboxylic acids is 2. The van der Waals surface area contributed by atoms with Gasteiger partial charge in [0.05, 0.1) is 7.11 Å². The second kappa shape index (κ2) is 8.93. The van der Waals surface area contributed by atoms with E-state index in [1.165, 1.54) is 19.3 Å². The lowest BCUT2D eigenvalue weighted by atomic mass is 10.1. The van der Waals surface area contributed by atoms with Gasteiger partial charge >= 0.3 is 11.9 Å². The summed E-state index contributed by atoms with van der Waals surface area (Å²) in [5, 5.41) is 3.05. The molecule has 0 saturated carbocycles. The first-order valence-corrected chi connectivity index (χ1v) is 8.41. The Morgan fingerprint density at radius 2 is 1.85 bits per heavy atom. The van der Waals surface area contributed by atoms with E-state index in [0.29, 0.717) is 5.82 Å². The SMILES string of the molecule is COC(=O)C=Cc1ncc(-c2cccc(NCC(=O)OC(C)(C)C)c2)cn1. The van der Waals surface area contributed by atoms with Gasteiger partial charge in [0.2, 0.25) is 0 Å². The molecule has 1 N–H and O–H groups in total. The maximum atomic E-state index is 11.8. The van der Waals surface area contributed by atoms with Crippen LogP contribution in [0.15, 0.2) is 42.7 Å². The Morgan fingerprint density at radius 3 is 2.48 bits per heavy atom. The first-order valence-electron chi connectivity index (χ1n) is 8.41. The average Bonchev–Trinajstić information content (AvgIpc) is 2.63. The average molecular weight is 369 g/mol. The van der Waals surface area contributed by atoms with Crippen molar-refractivity contribution in [2.45, 2.75) is 26.4 Å². The van der Waals surface area contributed by atoms with Crippen molar-refractivity contribution in [2.75, 3.05) is 19.0 Å². The second-order valence-corrected chi connectivity index (χ2v) is 6.71. The zero-order valence-electron chi connectivity index (χ0n) is 15.9. The van der Waals surface area contributed by atoms with Gasteiger partial charge in [0.1, 0.15) is 12.1 Å². The number of nitrogens with one attached hydrogen (secondary N) is 1. The highest BCUT2D eigenvalue weighted by molar-refractivity contribution is 5.86. The van der Waals surface area contributed by atoms with Gasteiger partial charge in [-0.25, -0.2) is 14.8 Å². The van der Waals surface area contributed by atoms with E-state index in [1.807, 2.05) is 45.0 Å². The van der Waals surface area contributed by atoms with Crippen LogP contribution in [0.4, 0.5) is 5.69 Å².